The highest BCUT2D eigenvalue weighted by Gasteiger charge is 2.57. The maximum absolute atomic E-state index is 10.8. The Kier molecular flexibility index (Phi) is 1.85. The first-order valence-electron chi connectivity index (χ1n) is 4.66. The molecule has 1 spiro atoms. The van der Waals surface area contributed by atoms with Gasteiger partial charge in [0.2, 0.25) is 0 Å². The van der Waals surface area contributed by atoms with E-state index in [1.807, 2.05) is 0 Å². The summed E-state index contributed by atoms with van der Waals surface area (Å²) < 4.78 is 0. The third kappa shape index (κ3) is 1.25. The zero-order valence-electron chi connectivity index (χ0n) is 7.31. The fourth-order valence-electron chi connectivity index (χ4n) is 2.36. The smallest absolute Gasteiger partial charge is 0.311 e. The quantitative estimate of drug-likeness (QED) is 0.538. The van der Waals surface area contributed by atoms with Gasteiger partial charge in [-0.3, -0.25) is 4.79 Å². The highest BCUT2D eigenvalue weighted by Crippen LogP contribution is 2.57. The fourth-order valence-corrected chi connectivity index (χ4v) is 2.36. The third-order valence-electron chi connectivity index (χ3n) is 3.50. The molecule has 0 radical (unpaired) electrons. The second-order valence-electron chi connectivity index (χ2n) is 4.28. The summed E-state index contributed by atoms with van der Waals surface area (Å²) in [5.74, 6) is -2.05. The van der Waals surface area contributed by atoms with E-state index in [1.54, 1.807) is 0 Å². The van der Waals surface area contributed by atoms with Crippen molar-refractivity contribution in [3.63, 3.8) is 0 Å². The highest BCUT2D eigenvalue weighted by atomic mass is 16.4. The molecule has 0 bridgehead atoms. The van der Waals surface area contributed by atoms with Gasteiger partial charge in [-0.05, 0) is 31.1 Å². The van der Waals surface area contributed by atoms with Crippen LogP contribution in [-0.4, -0.2) is 33.5 Å². The van der Waals surface area contributed by atoms with Crippen LogP contribution in [0.5, 0.6) is 0 Å². The lowest BCUT2D eigenvalue weighted by Gasteiger charge is -2.36. The van der Waals surface area contributed by atoms with Crippen LogP contribution in [0.15, 0.2) is 0 Å². The van der Waals surface area contributed by atoms with Gasteiger partial charge < -0.3 is 15.3 Å². The van der Waals surface area contributed by atoms with Crippen LogP contribution in [-0.2, 0) is 4.79 Å². The van der Waals surface area contributed by atoms with Crippen LogP contribution in [0.25, 0.3) is 0 Å². The molecular formula is C9H14O4. The molecule has 2 rings (SSSR count). The summed E-state index contributed by atoms with van der Waals surface area (Å²) in [5.41, 5.74) is -0.164. The summed E-state index contributed by atoms with van der Waals surface area (Å²) in [7, 11) is 0. The molecule has 2 fully saturated rings. The van der Waals surface area contributed by atoms with Crippen LogP contribution in [0.3, 0.4) is 0 Å². The Morgan fingerprint density at radius 3 is 2.31 bits per heavy atom. The normalized spacial score (nSPS) is 41.8. The lowest BCUT2D eigenvalue weighted by atomic mass is 9.74. The predicted molar refractivity (Wildman–Crippen MR) is 44.0 cm³/mol. The van der Waals surface area contributed by atoms with Crippen molar-refractivity contribution in [2.24, 2.45) is 11.3 Å². The number of aliphatic carboxylic acids is 1. The molecule has 2 saturated carbocycles. The molecular weight excluding hydrogens is 172 g/mol. The molecule has 0 saturated heterocycles. The van der Waals surface area contributed by atoms with E-state index in [0.717, 1.165) is 19.3 Å². The first kappa shape index (κ1) is 8.97. The van der Waals surface area contributed by atoms with Gasteiger partial charge in [-0.25, -0.2) is 0 Å². The summed E-state index contributed by atoms with van der Waals surface area (Å²) in [4.78, 5) is 10.8. The SMILES string of the molecule is O=C(O)C1C(O)CCC2(CC2)C1O. The van der Waals surface area contributed by atoms with E-state index in [4.69, 9.17) is 5.11 Å². The average Bonchev–Trinajstić information content (AvgIpc) is 2.79. The molecule has 3 unspecified atom stereocenters. The Hall–Kier alpha value is -0.610. The Balaban J connectivity index is 2.17. The second kappa shape index (κ2) is 2.69. The van der Waals surface area contributed by atoms with Gasteiger partial charge in [0.05, 0.1) is 12.2 Å². The zero-order chi connectivity index (χ0) is 9.64. The summed E-state index contributed by atoms with van der Waals surface area (Å²) in [6.07, 6.45) is 1.36. The maximum Gasteiger partial charge on any atom is 0.311 e. The van der Waals surface area contributed by atoms with Gasteiger partial charge in [0.1, 0.15) is 5.92 Å². The summed E-state index contributed by atoms with van der Waals surface area (Å²) in [5, 5.41) is 28.0. The highest BCUT2D eigenvalue weighted by molar-refractivity contribution is 5.72. The molecule has 4 heteroatoms. The van der Waals surface area contributed by atoms with Crippen LogP contribution in [0.1, 0.15) is 25.7 Å². The van der Waals surface area contributed by atoms with Crippen molar-refractivity contribution in [3.05, 3.63) is 0 Å². The topological polar surface area (TPSA) is 77.8 Å². The van der Waals surface area contributed by atoms with Crippen molar-refractivity contribution in [2.45, 2.75) is 37.9 Å². The van der Waals surface area contributed by atoms with E-state index in [0.29, 0.717) is 6.42 Å². The van der Waals surface area contributed by atoms with Crippen molar-refractivity contribution in [3.8, 4) is 0 Å². The minimum absolute atomic E-state index is 0.164. The Bertz CT molecular complexity index is 234. The van der Waals surface area contributed by atoms with E-state index >= 15 is 0 Å². The molecule has 4 nitrogen and oxygen atoms in total. The summed E-state index contributed by atoms with van der Waals surface area (Å²) in [6, 6.07) is 0. The van der Waals surface area contributed by atoms with Gasteiger partial charge in [-0.2, -0.15) is 0 Å². The number of rotatable bonds is 1. The fraction of sp³-hybridized carbons (Fsp3) is 0.889. The molecule has 0 aromatic heterocycles. The number of aliphatic hydroxyl groups is 2. The van der Waals surface area contributed by atoms with Gasteiger partial charge in [-0.15, -0.1) is 0 Å². The molecule has 2 aliphatic carbocycles. The van der Waals surface area contributed by atoms with Crippen molar-refractivity contribution in [1.29, 1.82) is 0 Å². The van der Waals surface area contributed by atoms with Crippen LogP contribution in [0.4, 0.5) is 0 Å². The number of carboxylic acid groups (broad SMARTS) is 1. The first-order chi connectivity index (χ1) is 6.07. The molecule has 3 N–H and O–H groups in total. The summed E-state index contributed by atoms with van der Waals surface area (Å²) >= 11 is 0. The lowest BCUT2D eigenvalue weighted by Crippen LogP contribution is -2.47. The van der Waals surface area contributed by atoms with Gasteiger partial charge in [0.15, 0.2) is 0 Å². The van der Waals surface area contributed by atoms with E-state index in [1.165, 1.54) is 0 Å². The lowest BCUT2D eigenvalue weighted by molar-refractivity contribution is -0.159. The van der Waals surface area contributed by atoms with Crippen LogP contribution >= 0.6 is 0 Å². The largest absolute Gasteiger partial charge is 0.481 e. The summed E-state index contributed by atoms with van der Waals surface area (Å²) in [6.45, 7) is 0. The Labute approximate surface area is 76.2 Å². The number of hydrogen-bond donors (Lipinski definition) is 3. The minimum Gasteiger partial charge on any atom is -0.481 e. The zero-order valence-corrected chi connectivity index (χ0v) is 7.31. The molecule has 3 atom stereocenters. The Morgan fingerprint density at radius 2 is 1.85 bits per heavy atom. The van der Waals surface area contributed by atoms with Crippen LogP contribution < -0.4 is 0 Å². The van der Waals surface area contributed by atoms with Crippen molar-refractivity contribution >= 4 is 5.97 Å². The third-order valence-corrected chi connectivity index (χ3v) is 3.50. The molecule has 0 heterocycles. The molecule has 0 aromatic carbocycles. The standard InChI is InChI=1S/C9H14O4/c10-5-1-2-9(3-4-9)7(11)6(5)8(12)13/h5-7,10-11H,1-4H2,(H,12,13). The van der Waals surface area contributed by atoms with E-state index in [2.05, 4.69) is 0 Å². The first-order valence-corrected chi connectivity index (χ1v) is 4.66. The minimum atomic E-state index is -1.08. The van der Waals surface area contributed by atoms with Gasteiger partial charge >= 0.3 is 5.97 Å². The molecule has 74 valence electrons. The van der Waals surface area contributed by atoms with E-state index < -0.39 is 24.1 Å². The Morgan fingerprint density at radius 1 is 1.23 bits per heavy atom. The maximum atomic E-state index is 10.8. The number of aliphatic hydroxyl groups excluding tert-OH is 2. The molecule has 0 aromatic rings. The monoisotopic (exact) mass is 186 g/mol. The van der Waals surface area contributed by atoms with E-state index in [9.17, 15) is 15.0 Å². The average molecular weight is 186 g/mol. The number of hydrogen-bond acceptors (Lipinski definition) is 3. The van der Waals surface area contributed by atoms with Gasteiger partial charge in [0, 0.05) is 0 Å². The van der Waals surface area contributed by atoms with Gasteiger partial charge in [-0.1, -0.05) is 0 Å². The second-order valence-corrected chi connectivity index (χ2v) is 4.28. The number of carbonyl (C=O) groups is 1. The van der Waals surface area contributed by atoms with Crippen molar-refractivity contribution < 1.29 is 20.1 Å². The van der Waals surface area contributed by atoms with Crippen molar-refractivity contribution in [1.82, 2.24) is 0 Å². The van der Waals surface area contributed by atoms with Gasteiger partial charge in [0.25, 0.3) is 0 Å². The number of carboxylic acids is 1. The molecule has 0 amide bonds. The van der Waals surface area contributed by atoms with E-state index in [-0.39, 0.29) is 5.41 Å². The molecule has 0 aliphatic heterocycles. The molecule has 13 heavy (non-hydrogen) atoms. The van der Waals surface area contributed by atoms with Crippen LogP contribution in [0.2, 0.25) is 0 Å². The molecule has 2 aliphatic rings. The van der Waals surface area contributed by atoms with Crippen molar-refractivity contribution in [2.75, 3.05) is 0 Å². The predicted octanol–water partition coefficient (Wildman–Crippen LogP) is -0.0170. The van der Waals surface area contributed by atoms with Crippen LogP contribution in [0, 0.1) is 11.3 Å².